The highest BCUT2D eigenvalue weighted by atomic mass is 35.5. The number of para-hydroxylation sites is 1. The summed E-state index contributed by atoms with van der Waals surface area (Å²) in [5, 5.41) is 0.195. The molecule has 0 amide bonds. The molecule has 5 nitrogen and oxygen atoms in total. The molecule has 0 saturated heterocycles. The SMILES string of the molecule is Nc1c(Cl)c(Cl)nc(C(=O)OCCOc2ccccc2Cl)c1Cl. The van der Waals surface area contributed by atoms with Crippen molar-refractivity contribution >= 4 is 58.1 Å². The number of carbonyl (C=O) groups excluding carboxylic acids is 1. The third-order valence-corrected chi connectivity index (χ3v) is 4.12. The second kappa shape index (κ2) is 7.93. The normalized spacial score (nSPS) is 10.4. The molecule has 9 heteroatoms. The minimum Gasteiger partial charge on any atom is -0.488 e. The topological polar surface area (TPSA) is 74.4 Å². The van der Waals surface area contributed by atoms with Gasteiger partial charge in [-0.05, 0) is 12.1 Å². The van der Waals surface area contributed by atoms with Gasteiger partial charge >= 0.3 is 5.97 Å². The van der Waals surface area contributed by atoms with E-state index in [1.54, 1.807) is 24.3 Å². The van der Waals surface area contributed by atoms with Gasteiger partial charge in [-0.3, -0.25) is 0 Å². The smallest absolute Gasteiger partial charge is 0.358 e. The number of halogens is 4. The highest BCUT2D eigenvalue weighted by Gasteiger charge is 2.20. The molecular formula is C14H10Cl4N2O3. The van der Waals surface area contributed by atoms with Crippen LogP contribution in [0.4, 0.5) is 5.69 Å². The Balaban J connectivity index is 1.95. The first-order valence-corrected chi connectivity index (χ1v) is 7.77. The number of pyridine rings is 1. The van der Waals surface area contributed by atoms with Gasteiger partial charge in [0.15, 0.2) is 10.8 Å². The molecule has 0 fully saturated rings. The first kappa shape index (κ1) is 17.9. The van der Waals surface area contributed by atoms with Crippen LogP contribution in [0.25, 0.3) is 0 Å². The molecule has 0 atom stereocenters. The second-order valence-electron chi connectivity index (χ2n) is 4.21. The van der Waals surface area contributed by atoms with Crippen molar-refractivity contribution < 1.29 is 14.3 Å². The number of hydrogen-bond acceptors (Lipinski definition) is 5. The van der Waals surface area contributed by atoms with Crippen molar-refractivity contribution in [2.45, 2.75) is 0 Å². The number of carbonyl (C=O) groups is 1. The van der Waals surface area contributed by atoms with E-state index in [0.29, 0.717) is 10.8 Å². The van der Waals surface area contributed by atoms with E-state index in [1.165, 1.54) is 0 Å². The van der Waals surface area contributed by atoms with Crippen LogP contribution < -0.4 is 10.5 Å². The van der Waals surface area contributed by atoms with Gasteiger partial charge in [-0.15, -0.1) is 0 Å². The molecule has 1 heterocycles. The third-order valence-electron chi connectivity index (χ3n) is 2.68. The van der Waals surface area contributed by atoms with Gasteiger partial charge in [0.1, 0.15) is 24.0 Å². The lowest BCUT2D eigenvalue weighted by Crippen LogP contribution is -2.15. The molecule has 0 saturated carbocycles. The Kier molecular flexibility index (Phi) is 6.18. The Bertz CT molecular complexity index is 740. The number of nitrogen functional groups attached to an aromatic ring is 1. The zero-order valence-electron chi connectivity index (χ0n) is 11.5. The molecule has 23 heavy (non-hydrogen) atoms. The first-order valence-electron chi connectivity index (χ1n) is 6.26. The van der Waals surface area contributed by atoms with Gasteiger partial charge in [0.05, 0.1) is 15.7 Å². The van der Waals surface area contributed by atoms with Crippen molar-refractivity contribution in [2.75, 3.05) is 18.9 Å². The van der Waals surface area contributed by atoms with Gasteiger partial charge in [-0.1, -0.05) is 58.5 Å². The van der Waals surface area contributed by atoms with Crippen molar-refractivity contribution in [3.63, 3.8) is 0 Å². The lowest BCUT2D eigenvalue weighted by molar-refractivity contribution is 0.0444. The number of rotatable bonds is 5. The van der Waals surface area contributed by atoms with Crippen molar-refractivity contribution in [3.05, 3.63) is 50.2 Å². The summed E-state index contributed by atoms with van der Waals surface area (Å²) in [6, 6.07) is 6.93. The zero-order valence-corrected chi connectivity index (χ0v) is 14.5. The van der Waals surface area contributed by atoms with Gasteiger partial charge in [0.25, 0.3) is 0 Å². The number of ether oxygens (including phenoxy) is 2. The Morgan fingerprint density at radius 3 is 2.48 bits per heavy atom. The lowest BCUT2D eigenvalue weighted by Gasteiger charge is -2.10. The first-order chi connectivity index (χ1) is 10.9. The van der Waals surface area contributed by atoms with Crippen LogP contribution in [0.15, 0.2) is 24.3 Å². The molecule has 2 N–H and O–H groups in total. The van der Waals surface area contributed by atoms with Gasteiger partial charge in [-0.25, -0.2) is 9.78 Å². The summed E-state index contributed by atoms with van der Waals surface area (Å²) in [5.74, 6) is -0.303. The van der Waals surface area contributed by atoms with Crippen LogP contribution in [0.2, 0.25) is 20.2 Å². The Morgan fingerprint density at radius 2 is 1.78 bits per heavy atom. The van der Waals surface area contributed by atoms with Crippen molar-refractivity contribution in [1.29, 1.82) is 0 Å². The van der Waals surface area contributed by atoms with Crippen molar-refractivity contribution in [1.82, 2.24) is 4.98 Å². The van der Waals surface area contributed by atoms with Crippen molar-refractivity contribution in [2.24, 2.45) is 0 Å². The zero-order chi connectivity index (χ0) is 17.0. The molecular weight excluding hydrogens is 386 g/mol. The largest absolute Gasteiger partial charge is 0.488 e. The van der Waals surface area contributed by atoms with Crippen LogP contribution >= 0.6 is 46.4 Å². The average Bonchev–Trinajstić information content (AvgIpc) is 2.54. The fraction of sp³-hybridized carbons (Fsp3) is 0.143. The highest BCUT2D eigenvalue weighted by Crippen LogP contribution is 2.34. The van der Waals surface area contributed by atoms with Crippen LogP contribution in [0.1, 0.15) is 10.5 Å². The highest BCUT2D eigenvalue weighted by molar-refractivity contribution is 6.46. The maximum Gasteiger partial charge on any atom is 0.358 e. The van der Waals surface area contributed by atoms with Gasteiger partial charge in [0.2, 0.25) is 0 Å². The maximum absolute atomic E-state index is 12.0. The van der Waals surface area contributed by atoms with E-state index < -0.39 is 5.97 Å². The molecule has 2 rings (SSSR count). The summed E-state index contributed by atoms with van der Waals surface area (Å²) < 4.78 is 10.4. The predicted molar refractivity (Wildman–Crippen MR) is 90.9 cm³/mol. The fourth-order valence-corrected chi connectivity index (χ4v) is 2.36. The van der Waals surface area contributed by atoms with Crippen LogP contribution in [-0.2, 0) is 4.74 Å². The quantitative estimate of drug-likeness (QED) is 0.457. The van der Waals surface area contributed by atoms with E-state index in [9.17, 15) is 4.79 Å². The van der Waals surface area contributed by atoms with Gasteiger partial charge < -0.3 is 15.2 Å². The number of aromatic nitrogens is 1. The molecule has 1 aromatic heterocycles. The molecule has 0 unspecified atom stereocenters. The molecule has 2 aromatic rings. The van der Waals surface area contributed by atoms with E-state index in [1.807, 2.05) is 0 Å². The number of nitrogens with two attached hydrogens (primary N) is 1. The van der Waals surface area contributed by atoms with Crippen LogP contribution in [0, 0.1) is 0 Å². The molecule has 122 valence electrons. The van der Waals surface area contributed by atoms with Crippen molar-refractivity contribution in [3.8, 4) is 5.75 Å². The average molecular weight is 396 g/mol. The minimum atomic E-state index is -0.789. The number of benzene rings is 1. The summed E-state index contributed by atoms with van der Waals surface area (Å²) in [5.41, 5.74) is 5.39. The lowest BCUT2D eigenvalue weighted by atomic mass is 10.3. The maximum atomic E-state index is 12.0. The summed E-state index contributed by atoms with van der Waals surface area (Å²) >= 11 is 23.4. The molecule has 0 aliphatic carbocycles. The fourth-order valence-electron chi connectivity index (χ4n) is 1.58. The molecule has 0 aliphatic rings. The Labute approximate surface area is 152 Å². The predicted octanol–water partition coefficient (Wildman–Crippen LogP) is 4.51. The van der Waals surface area contributed by atoms with E-state index in [4.69, 9.17) is 61.6 Å². The third kappa shape index (κ3) is 4.32. The minimum absolute atomic E-state index is 0.0183. The number of esters is 1. The summed E-state index contributed by atoms with van der Waals surface area (Å²) in [4.78, 5) is 15.7. The van der Waals surface area contributed by atoms with E-state index >= 15 is 0 Å². The monoisotopic (exact) mass is 394 g/mol. The number of hydrogen-bond donors (Lipinski definition) is 1. The molecule has 0 radical (unpaired) electrons. The standard InChI is InChI=1S/C14H10Cl4N2O3/c15-7-3-1-2-4-8(7)22-5-6-23-14(21)12-9(16)11(19)10(17)13(18)20-12/h1-4H,5-6H2,(H2,19,20). The molecule has 0 spiro atoms. The Morgan fingerprint density at radius 1 is 1.09 bits per heavy atom. The summed E-state index contributed by atoms with van der Waals surface area (Å²) in [6.07, 6.45) is 0. The molecule has 1 aromatic carbocycles. The summed E-state index contributed by atoms with van der Waals surface area (Å²) in [7, 11) is 0. The molecule has 0 aliphatic heterocycles. The van der Waals surface area contributed by atoms with Gasteiger partial charge in [-0.2, -0.15) is 0 Å². The Hall–Kier alpha value is -1.40. The van der Waals surface area contributed by atoms with E-state index in [-0.39, 0.29) is 39.8 Å². The van der Waals surface area contributed by atoms with Crippen LogP contribution in [0.5, 0.6) is 5.75 Å². The molecule has 0 bridgehead atoms. The van der Waals surface area contributed by atoms with E-state index in [2.05, 4.69) is 4.98 Å². The number of nitrogens with zero attached hydrogens (tertiary/aromatic N) is 1. The second-order valence-corrected chi connectivity index (χ2v) is 5.73. The van der Waals surface area contributed by atoms with Gasteiger partial charge in [0, 0.05) is 0 Å². The number of anilines is 1. The van der Waals surface area contributed by atoms with Crippen LogP contribution in [-0.4, -0.2) is 24.2 Å². The van der Waals surface area contributed by atoms with Crippen LogP contribution in [0.3, 0.4) is 0 Å². The summed E-state index contributed by atoms with van der Waals surface area (Å²) in [6.45, 7) is 0.0616. The van der Waals surface area contributed by atoms with E-state index in [0.717, 1.165) is 0 Å².